The van der Waals surface area contributed by atoms with Crippen molar-refractivity contribution >= 4 is 0 Å². The lowest BCUT2D eigenvalue weighted by molar-refractivity contribution is 0.399. The Balaban J connectivity index is 1.43. The highest BCUT2D eigenvalue weighted by atomic mass is 19.1. The molecule has 2 aromatic rings. The average molecular weight is 369 g/mol. The Morgan fingerprint density at radius 3 is 2.41 bits per heavy atom. The second-order valence-electron chi connectivity index (χ2n) is 8.04. The molecule has 0 spiro atoms. The summed E-state index contributed by atoms with van der Waals surface area (Å²) in [6, 6.07) is 6.45. The second kappa shape index (κ2) is 10.5. The normalized spacial score (nSPS) is 16.3. The molecule has 1 atom stereocenters. The Hall–Kier alpha value is -1.77. The Bertz CT molecular complexity index is 696. The van der Waals surface area contributed by atoms with Gasteiger partial charge in [0.15, 0.2) is 5.82 Å². The molecule has 0 saturated heterocycles. The van der Waals surface area contributed by atoms with Crippen molar-refractivity contribution in [2.45, 2.75) is 84.0 Å². The first-order chi connectivity index (χ1) is 13.3. The van der Waals surface area contributed by atoms with Crippen LogP contribution in [-0.2, 0) is 12.8 Å². The van der Waals surface area contributed by atoms with Gasteiger partial charge in [-0.2, -0.15) is 0 Å². The molecule has 1 aliphatic rings. The van der Waals surface area contributed by atoms with Gasteiger partial charge in [0.05, 0.1) is 0 Å². The van der Waals surface area contributed by atoms with Crippen LogP contribution in [0.15, 0.2) is 30.5 Å². The van der Waals surface area contributed by atoms with E-state index in [9.17, 15) is 4.39 Å². The highest BCUT2D eigenvalue weighted by molar-refractivity contribution is 5.55. The number of fused-ring (bicyclic) bond motifs is 1. The summed E-state index contributed by atoms with van der Waals surface area (Å²) in [4.78, 5) is 9.30. The SMILES string of the molecule is CCCCCCCCCCC1CCc2nc(-c3ccc(F)cc3)ncc2C1. The van der Waals surface area contributed by atoms with E-state index in [1.165, 1.54) is 87.6 Å². The van der Waals surface area contributed by atoms with E-state index in [0.717, 1.165) is 30.1 Å². The fourth-order valence-corrected chi connectivity index (χ4v) is 4.13. The van der Waals surface area contributed by atoms with Crippen molar-refractivity contribution < 1.29 is 4.39 Å². The van der Waals surface area contributed by atoms with E-state index in [1.54, 1.807) is 12.1 Å². The molecule has 3 heteroatoms. The number of benzene rings is 1. The van der Waals surface area contributed by atoms with Crippen molar-refractivity contribution in [1.82, 2.24) is 9.97 Å². The molecule has 0 aliphatic heterocycles. The lowest BCUT2D eigenvalue weighted by Crippen LogP contribution is -2.16. The van der Waals surface area contributed by atoms with Crippen LogP contribution in [0.25, 0.3) is 11.4 Å². The number of halogens is 1. The zero-order chi connectivity index (χ0) is 18.9. The average Bonchev–Trinajstić information content (AvgIpc) is 2.70. The smallest absolute Gasteiger partial charge is 0.159 e. The van der Waals surface area contributed by atoms with E-state index >= 15 is 0 Å². The number of aryl methyl sites for hydroxylation is 1. The molecule has 1 unspecified atom stereocenters. The van der Waals surface area contributed by atoms with E-state index in [1.807, 2.05) is 6.20 Å². The molecule has 1 aromatic heterocycles. The highest BCUT2D eigenvalue weighted by Crippen LogP contribution is 2.29. The maximum absolute atomic E-state index is 13.1. The number of hydrogen-bond donors (Lipinski definition) is 0. The minimum atomic E-state index is -0.222. The van der Waals surface area contributed by atoms with Crippen LogP contribution in [0, 0.1) is 11.7 Å². The van der Waals surface area contributed by atoms with Gasteiger partial charge in [-0.3, -0.25) is 0 Å². The Labute approximate surface area is 163 Å². The van der Waals surface area contributed by atoms with Gasteiger partial charge in [-0.05, 0) is 55.0 Å². The van der Waals surface area contributed by atoms with Crippen LogP contribution in [0.1, 0.15) is 82.4 Å². The number of nitrogens with zero attached hydrogens (tertiary/aromatic N) is 2. The van der Waals surface area contributed by atoms with Crippen molar-refractivity contribution in [1.29, 1.82) is 0 Å². The van der Waals surface area contributed by atoms with Crippen molar-refractivity contribution in [2.24, 2.45) is 5.92 Å². The molecule has 0 radical (unpaired) electrons. The van der Waals surface area contributed by atoms with E-state index in [4.69, 9.17) is 4.98 Å². The maximum atomic E-state index is 13.1. The first-order valence-electron chi connectivity index (χ1n) is 10.9. The van der Waals surface area contributed by atoms with Gasteiger partial charge in [-0.25, -0.2) is 14.4 Å². The van der Waals surface area contributed by atoms with Crippen molar-refractivity contribution in [3.8, 4) is 11.4 Å². The summed E-state index contributed by atoms with van der Waals surface area (Å²) >= 11 is 0. The number of unbranched alkanes of at least 4 members (excludes halogenated alkanes) is 7. The number of rotatable bonds is 10. The van der Waals surface area contributed by atoms with Crippen LogP contribution in [0.4, 0.5) is 4.39 Å². The Morgan fingerprint density at radius 2 is 1.67 bits per heavy atom. The highest BCUT2D eigenvalue weighted by Gasteiger charge is 2.20. The van der Waals surface area contributed by atoms with Gasteiger partial charge in [0, 0.05) is 17.5 Å². The van der Waals surface area contributed by atoms with E-state index in [-0.39, 0.29) is 5.82 Å². The summed E-state index contributed by atoms with van der Waals surface area (Å²) in [6.07, 6.45) is 17.9. The predicted octanol–water partition coefficient (Wildman–Crippen LogP) is 6.92. The van der Waals surface area contributed by atoms with Gasteiger partial charge in [-0.1, -0.05) is 64.7 Å². The molecule has 0 fully saturated rings. The third-order valence-electron chi connectivity index (χ3n) is 5.82. The van der Waals surface area contributed by atoms with Crippen molar-refractivity contribution in [3.63, 3.8) is 0 Å². The molecule has 27 heavy (non-hydrogen) atoms. The monoisotopic (exact) mass is 368 g/mol. The van der Waals surface area contributed by atoms with Crippen molar-refractivity contribution in [3.05, 3.63) is 47.5 Å². The summed E-state index contributed by atoms with van der Waals surface area (Å²) in [5.41, 5.74) is 3.40. The van der Waals surface area contributed by atoms with E-state index in [0.29, 0.717) is 0 Å². The first-order valence-corrected chi connectivity index (χ1v) is 10.9. The van der Waals surface area contributed by atoms with Gasteiger partial charge in [0.1, 0.15) is 5.82 Å². The largest absolute Gasteiger partial charge is 0.236 e. The van der Waals surface area contributed by atoms with E-state index in [2.05, 4.69) is 11.9 Å². The molecule has 0 N–H and O–H groups in total. The summed E-state index contributed by atoms with van der Waals surface area (Å²) in [7, 11) is 0. The maximum Gasteiger partial charge on any atom is 0.159 e. The molecule has 0 amide bonds. The molecule has 1 heterocycles. The third kappa shape index (κ3) is 6.12. The lowest BCUT2D eigenvalue weighted by atomic mass is 9.84. The first kappa shape index (κ1) is 20.0. The zero-order valence-corrected chi connectivity index (χ0v) is 16.7. The van der Waals surface area contributed by atoms with Crippen LogP contribution in [-0.4, -0.2) is 9.97 Å². The van der Waals surface area contributed by atoms with Crippen LogP contribution < -0.4 is 0 Å². The molecule has 2 nitrogen and oxygen atoms in total. The molecular formula is C24H33FN2. The Kier molecular flexibility index (Phi) is 7.79. The molecule has 3 rings (SSSR count). The molecule has 1 aliphatic carbocycles. The zero-order valence-electron chi connectivity index (χ0n) is 16.7. The van der Waals surface area contributed by atoms with Gasteiger partial charge >= 0.3 is 0 Å². The third-order valence-corrected chi connectivity index (χ3v) is 5.82. The molecule has 1 aromatic carbocycles. The quantitative estimate of drug-likeness (QED) is 0.425. The summed E-state index contributed by atoms with van der Waals surface area (Å²) in [5.74, 6) is 1.29. The fraction of sp³-hybridized carbons (Fsp3) is 0.583. The van der Waals surface area contributed by atoms with Crippen LogP contribution in [0.2, 0.25) is 0 Å². The van der Waals surface area contributed by atoms with Gasteiger partial charge in [0.2, 0.25) is 0 Å². The van der Waals surface area contributed by atoms with Crippen molar-refractivity contribution in [2.75, 3.05) is 0 Å². The topological polar surface area (TPSA) is 25.8 Å². The number of hydrogen-bond acceptors (Lipinski definition) is 2. The molecule has 0 saturated carbocycles. The van der Waals surface area contributed by atoms with Crippen LogP contribution in [0.5, 0.6) is 0 Å². The lowest BCUT2D eigenvalue weighted by Gasteiger charge is -2.24. The van der Waals surface area contributed by atoms with Crippen LogP contribution >= 0.6 is 0 Å². The minimum absolute atomic E-state index is 0.222. The molecule has 146 valence electrons. The summed E-state index contributed by atoms with van der Waals surface area (Å²) in [5, 5.41) is 0. The Morgan fingerprint density at radius 1 is 0.963 bits per heavy atom. The van der Waals surface area contributed by atoms with Gasteiger partial charge in [0.25, 0.3) is 0 Å². The predicted molar refractivity (Wildman–Crippen MR) is 110 cm³/mol. The summed E-state index contributed by atoms with van der Waals surface area (Å²) < 4.78 is 13.1. The van der Waals surface area contributed by atoms with Crippen LogP contribution in [0.3, 0.4) is 0 Å². The van der Waals surface area contributed by atoms with E-state index < -0.39 is 0 Å². The molecular weight excluding hydrogens is 335 g/mol. The standard InChI is InChI=1S/C24H33FN2/c1-2-3-4-5-6-7-8-9-10-19-11-16-23-21(17-19)18-26-24(27-23)20-12-14-22(25)15-13-20/h12-15,18-19H,2-11,16-17H2,1H3. The second-order valence-corrected chi connectivity index (χ2v) is 8.04. The molecule has 0 bridgehead atoms. The number of aromatic nitrogens is 2. The fourth-order valence-electron chi connectivity index (χ4n) is 4.13. The van der Waals surface area contributed by atoms with Gasteiger partial charge < -0.3 is 0 Å². The van der Waals surface area contributed by atoms with Gasteiger partial charge in [-0.15, -0.1) is 0 Å². The minimum Gasteiger partial charge on any atom is -0.236 e. The summed E-state index contributed by atoms with van der Waals surface area (Å²) in [6.45, 7) is 2.27.